The quantitative estimate of drug-likeness (QED) is 0.0709. The zero-order valence-corrected chi connectivity index (χ0v) is 27.4. The van der Waals surface area contributed by atoms with Crippen LogP contribution in [0, 0.1) is 5.92 Å². The molecule has 0 aromatic carbocycles. The van der Waals surface area contributed by atoms with E-state index in [9.17, 15) is 22.8 Å². The van der Waals surface area contributed by atoms with Crippen LogP contribution in [0.5, 0.6) is 0 Å². The number of hydrogen-bond donors (Lipinski definition) is 4. The number of ether oxygens (including phenoxy) is 4. The first-order chi connectivity index (χ1) is 19.5. The Morgan fingerprint density at radius 1 is 0.762 bits per heavy atom. The van der Waals surface area contributed by atoms with Crippen LogP contribution < -0.4 is 16.0 Å². The third kappa shape index (κ3) is 20.5. The lowest BCUT2D eigenvalue weighted by atomic mass is 9.94. The van der Waals surface area contributed by atoms with E-state index >= 15 is 0 Å². The molecule has 2 atom stereocenters. The Bertz CT molecular complexity index is 896. The molecule has 0 aliphatic rings. The van der Waals surface area contributed by atoms with Gasteiger partial charge in [0.15, 0.2) is 11.6 Å². The second-order valence-electron chi connectivity index (χ2n) is 11.4. The largest absolute Gasteiger partial charge is 0.379 e. The van der Waals surface area contributed by atoms with Crippen molar-refractivity contribution < 1.29 is 46.3 Å². The second-order valence-corrected chi connectivity index (χ2v) is 12.9. The fraction of sp³-hybridized carbons (Fsp3) is 0.893. The number of carbonyl (C=O) groups excluding carboxylic acids is 3. The summed E-state index contributed by atoms with van der Waals surface area (Å²) in [6, 6.07) is -0.513. The van der Waals surface area contributed by atoms with Crippen LogP contribution in [0.4, 0.5) is 0 Å². The van der Waals surface area contributed by atoms with Gasteiger partial charge in [0.25, 0.3) is 10.1 Å². The molecule has 0 aliphatic heterocycles. The van der Waals surface area contributed by atoms with Crippen LogP contribution in [0.1, 0.15) is 60.8 Å². The van der Waals surface area contributed by atoms with Gasteiger partial charge in [-0.15, -0.1) is 0 Å². The highest BCUT2D eigenvalue weighted by Gasteiger charge is 2.28. The van der Waals surface area contributed by atoms with E-state index in [1.807, 2.05) is 6.92 Å². The molecular formula is C28H55N3O10S. The predicted molar refractivity (Wildman–Crippen MR) is 160 cm³/mol. The maximum Gasteiger partial charge on any atom is 0.266 e. The summed E-state index contributed by atoms with van der Waals surface area (Å²) in [6.45, 7) is 14.1. The van der Waals surface area contributed by atoms with Crippen molar-refractivity contribution in [2.24, 2.45) is 5.92 Å². The van der Waals surface area contributed by atoms with Crippen molar-refractivity contribution in [3.8, 4) is 0 Å². The predicted octanol–water partition coefficient (Wildman–Crippen LogP) is 0.799. The highest BCUT2D eigenvalue weighted by atomic mass is 32.2. The van der Waals surface area contributed by atoms with Gasteiger partial charge in [-0.2, -0.15) is 8.42 Å². The molecule has 14 heteroatoms. The molecule has 0 saturated carbocycles. The van der Waals surface area contributed by atoms with Gasteiger partial charge in [-0.25, -0.2) is 0 Å². The number of rotatable bonds is 28. The summed E-state index contributed by atoms with van der Waals surface area (Å²) in [4.78, 5) is 36.2. The summed E-state index contributed by atoms with van der Waals surface area (Å²) in [5.74, 6) is -0.454. The standard InChI is InChI=1S/C28H55N3O10S/c1-22(23(2)32)10-13-38-16-17-39-15-12-31-28(5,6)26(34)20-41-19-18-40-14-11-30-27(3,4)25(33)9-8-24(29-7)21-42(35,36)37/h22,24,29-31H,8-21H2,1-7H3,(H,35,36,37). The summed E-state index contributed by atoms with van der Waals surface area (Å²) >= 11 is 0. The van der Waals surface area contributed by atoms with E-state index in [0.717, 1.165) is 0 Å². The van der Waals surface area contributed by atoms with Crippen molar-refractivity contribution >= 4 is 27.5 Å². The van der Waals surface area contributed by atoms with E-state index in [0.29, 0.717) is 59.2 Å². The highest BCUT2D eigenvalue weighted by Crippen LogP contribution is 2.11. The Labute approximate surface area is 252 Å². The Kier molecular flexibility index (Phi) is 20.7. The fourth-order valence-electron chi connectivity index (χ4n) is 3.60. The summed E-state index contributed by atoms with van der Waals surface area (Å²) in [6.07, 6.45) is 1.14. The van der Waals surface area contributed by atoms with Gasteiger partial charge in [0.05, 0.1) is 56.5 Å². The molecule has 0 saturated heterocycles. The van der Waals surface area contributed by atoms with Crippen molar-refractivity contribution in [2.75, 3.05) is 78.7 Å². The van der Waals surface area contributed by atoms with E-state index in [2.05, 4.69) is 16.0 Å². The van der Waals surface area contributed by atoms with Gasteiger partial charge in [0.2, 0.25) is 0 Å². The average molecular weight is 626 g/mol. The van der Waals surface area contributed by atoms with E-state index in [-0.39, 0.29) is 49.3 Å². The van der Waals surface area contributed by atoms with Crippen molar-refractivity contribution in [2.45, 2.75) is 77.9 Å². The molecule has 42 heavy (non-hydrogen) atoms. The molecule has 0 rings (SSSR count). The van der Waals surface area contributed by atoms with E-state index < -0.39 is 33.0 Å². The van der Waals surface area contributed by atoms with Crippen LogP contribution in [0.3, 0.4) is 0 Å². The summed E-state index contributed by atoms with van der Waals surface area (Å²) in [7, 11) is -2.54. The van der Waals surface area contributed by atoms with E-state index in [1.54, 1.807) is 41.7 Å². The van der Waals surface area contributed by atoms with Crippen molar-refractivity contribution in [3.05, 3.63) is 0 Å². The van der Waals surface area contributed by atoms with Crippen molar-refractivity contribution in [3.63, 3.8) is 0 Å². The minimum atomic E-state index is -4.12. The minimum Gasteiger partial charge on any atom is -0.379 e. The normalized spacial score (nSPS) is 14.1. The summed E-state index contributed by atoms with van der Waals surface area (Å²) in [5.41, 5.74) is -1.60. The zero-order chi connectivity index (χ0) is 32.2. The molecule has 2 unspecified atom stereocenters. The van der Waals surface area contributed by atoms with Gasteiger partial charge < -0.3 is 34.9 Å². The summed E-state index contributed by atoms with van der Waals surface area (Å²) < 4.78 is 53.1. The Morgan fingerprint density at radius 3 is 1.71 bits per heavy atom. The Morgan fingerprint density at radius 2 is 1.24 bits per heavy atom. The smallest absolute Gasteiger partial charge is 0.266 e. The first kappa shape index (κ1) is 40.6. The lowest BCUT2D eigenvalue weighted by Gasteiger charge is -2.26. The van der Waals surface area contributed by atoms with Crippen LogP contribution in [-0.2, 0) is 43.4 Å². The molecule has 0 radical (unpaired) electrons. The van der Waals surface area contributed by atoms with E-state index in [4.69, 9.17) is 23.5 Å². The fourth-order valence-corrected chi connectivity index (χ4v) is 4.44. The highest BCUT2D eigenvalue weighted by molar-refractivity contribution is 7.85. The van der Waals surface area contributed by atoms with Gasteiger partial charge in [-0.1, -0.05) is 6.92 Å². The topological polar surface area (TPSA) is 179 Å². The van der Waals surface area contributed by atoms with Crippen LogP contribution in [0.25, 0.3) is 0 Å². The third-order valence-electron chi connectivity index (χ3n) is 6.93. The van der Waals surface area contributed by atoms with Crippen LogP contribution >= 0.6 is 0 Å². The first-order valence-corrected chi connectivity index (χ1v) is 16.1. The number of nitrogens with one attached hydrogen (secondary N) is 3. The third-order valence-corrected chi connectivity index (χ3v) is 7.75. The molecule has 0 heterocycles. The number of Topliss-reactive ketones (excluding diaryl/α,β-unsaturated/α-hetero) is 3. The maximum absolute atomic E-state index is 12.6. The SMILES string of the molecule is CNC(CCC(=O)C(C)(C)NCCOCCOCC(=O)C(C)(C)NCCOCCOCCC(C)C(C)=O)CS(=O)(=O)O. The monoisotopic (exact) mass is 625 g/mol. The van der Waals surface area contributed by atoms with Gasteiger partial charge >= 0.3 is 0 Å². The van der Waals surface area contributed by atoms with E-state index in [1.165, 1.54) is 0 Å². The maximum atomic E-state index is 12.6. The van der Waals surface area contributed by atoms with Crippen molar-refractivity contribution in [1.29, 1.82) is 0 Å². The van der Waals surface area contributed by atoms with Gasteiger partial charge in [-0.05, 0) is 54.5 Å². The van der Waals surface area contributed by atoms with Crippen molar-refractivity contribution in [1.82, 2.24) is 16.0 Å². The van der Waals surface area contributed by atoms with Gasteiger partial charge in [0.1, 0.15) is 12.4 Å². The molecule has 0 aliphatic carbocycles. The molecule has 0 aromatic heterocycles. The molecule has 0 fully saturated rings. The number of ketones is 3. The molecular weight excluding hydrogens is 570 g/mol. The first-order valence-electron chi connectivity index (χ1n) is 14.5. The average Bonchev–Trinajstić information content (AvgIpc) is 2.90. The Hall–Kier alpha value is -1.36. The lowest BCUT2D eigenvalue weighted by molar-refractivity contribution is -0.129. The second kappa shape index (κ2) is 21.4. The zero-order valence-electron chi connectivity index (χ0n) is 26.6. The minimum absolute atomic E-state index is 0.00565. The molecule has 0 aromatic rings. The van der Waals surface area contributed by atoms with Gasteiger partial charge in [0, 0.05) is 38.1 Å². The molecule has 248 valence electrons. The Balaban J connectivity index is 3.93. The molecule has 0 bridgehead atoms. The molecule has 4 N–H and O–H groups in total. The molecule has 0 amide bonds. The number of hydrogen-bond acceptors (Lipinski definition) is 12. The lowest BCUT2D eigenvalue weighted by Crippen LogP contribution is -2.49. The number of carbonyl (C=O) groups is 3. The van der Waals surface area contributed by atoms with Crippen LogP contribution in [0.2, 0.25) is 0 Å². The van der Waals surface area contributed by atoms with Crippen LogP contribution in [0.15, 0.2) is 0 Å². The van der Waals surface area contributed by atoms with Crippen LogP contribution in [-0.4, -0.2) is 126 Å². The van der Waals surface area contributed by atoms with Gasteiger partial charge in [-0.3, -0.25) is 18.9 Å². The summed E-state index contributed by atoms with van der Waals surface area (Å²) in [5, 5.41) is 9.10. The molecule has 13 nitrogen and oxygen atoms in total. The molecule has 0 spiro atoms.